The number of benzene rings is 1. The zero-order valence-electron chi connectivity index (χ0n) is 13.6. The molecule has 0 aliphatic carbocycles. The highest BCUT2D eigenvalue weighted by Gasteiger charge is 2.16. The van der Waals surface area contributed by atoms with E-state index in [1.807, 2.05) is 0 Å². The van der Waals surface area contributed by atoms with Crippen molar-refractivity contribution in [1.29, 1.82) is 5.26 Å². The molecule has 0 fully saturated rings. The maximum atomic E-state index is 11.3. The van der Waals surface area contributed by atoms with Crippen molar-refractivity contribution in [2.75, 3.05) is 17.2 Å². The third-order valence-corrected chi connectivity index (χ3v) is 3.45. The second-order valence-electron chi connectivity index (χ2n) is 6.61. The van der Waals surface area contributed by atoms with Gasteiger partial charge in [-0.15, -0.1) is 0 Å². The molecular weight excluding hydrogens is 312 g/mol. The number of nitriles is 1. The number of hydrogen-bond acceptors (Lipinski definition) is 4. The van der Waals surface area contributed by atoms with Gasteiger partial charge in [0.15, 0.2) is 0 Å². The van der Waals surface area contributed by atoms with E-state index >= 15 is 0 Å². The van der Waals surface area contributed by atoms with E-state index < -0.39 is 0 Å². The molecule has 0 aliphatic heterocycles. The molecule has 1 heterocycles. The molecule has 0 aliphatic rings. The van der Waals surface area contributed by atoms with E-state index in [0.29, 0.717) is 39.4 Å². The van der Waals surface area contributed by atoms with Crippen LogP contribution in [0.1, 0.15) is 33.3 Å². The van der Waals surface area contributed by atoms with Gasteiger partial charge in [-0.25, -0.2) is 0 Å². The standard InChI is InChI=1S/C17H19ClN4O/c1-10(23)22-12-5-13-15(21-9-17(2,3)4)11(7-19)8-20-16(13)14(18)6-12/h5-6,8H,9H2,1-4H3,(H,20,21)(H,22,23). The Kier molecular flexibility index (Phi) is 4.76. The number of pyridine rings is 1. The fraction of sp³-hybridized carbons (Fsp3) is 0.353. The van der Waals surface area contributed by atoms with E-state index in [1.54, 1.807) is 12.1 Å². The molecule has 1 aromatic carbocycles. The lowest BCUT2D eigenvalue weighted by Gasteiger charge is -2.21. The van der Waals surface area contributed by atoms with E-state index in [9.17, 15) is 10.1 Å². The summed E-state index contributed by atoms with van der Waals surface area (Å²) in [4.78, 5) is 15.6. The molecule has 23 heavy (non-hydrogen) atoms. The Morgan fingerprint density at radius 3 is 2.65 bits per heavy atom. The third-order valence-electron chi connectivity index (χ3n) is 3.16. The van der Waals surface area contributed by atoms with E-state index in [-0.39, 0.29) is 11.3 Å². The number of amides is 1. The third kappa shape index (κ3) is 4.11. The van der Waals surface area contributed by atoms with Crippen LogP contribution in [-0.2, 0) is 4.79 Å². The maximum absolute atomic E-state index is 11.3. The first-order valence-corrected chi connectivity index (χ1v) is 7.63. The molecule has 120 valence electrons. The zero-order valence-corrected chi connectivity index (χ0v) is 14.4. The summed E-state index contributed by atoms with van der Waals surface area (Å²) >= 11 is 6.28. The van der Waals surface area contributed by atoms with Crippen LogP contribution in [0.3, 0.4) is 0 Å². The van der Waals surface area contributed by atoms with Gasteiger partial charge in [-0.2, -0.15) is 5.26 Å². The average Bonchev–Trinajstić information content (AvgIpc) is 2.43. The van der Waals surface area contributed by atoms with Crippen molar-refractivity contribution < 1.29 is 4.79 Å². The number of halogens is 1. The highest BCUT2D eigenvalue weighted by molar-refractivity contribution is 6.36. The Bertz CT molecular complexity index is 803. The lowest BCUT2D eigenvalue weighted by atomic mass is 9.96. The number of carbonyl (C=O) groups is 1. The minimum Gasteiger partial charge on any atom is -0.383 e. The van der Waals surface area contributed by atoms with Gasteiger partial charge < -0.3 is 10.6 Å². The van der Waals surface area contributed by atoms with Gasteiger partial charge in [-0.3, -0.25) is 9.78 Å². The summed E-state index contributed by atoms with van der Waals surface area (Å²) in [6.07, 6.45) is 1.51. The van der Waals surface area contributed by atoms with Gasteiger partial charge in [0.1, 0.15) is 6.07 Å². The Labute approximate surface area is 140 Å². The molecule has 0 saturated carbocycles. The van der Waals surface area contributed by atoms with Crippen LogP contribution >= 0.6 is 11.6 Å². The first-order chi connectivity index (χ1) is 10.7. The van der Waals surface area contributed by atoms with Crippen molar-refractivity contribution in [2.24, 2.45) is 5.41 Å². The van der Waals surface area contributed by atoms with Crippen molar-refractivity contribution in [2.45, 2.75) is 27.7 Å². The minimum absolute atomic E-state index is 0.0430. The lowest BCUT2D eigenvalue weighted by molar-refractivity contribution is -0.114. The monoisotopic (exact) mass is 330 g/mol. The molecule has 2 rings (SSSR count). The van der Waals surface area contributed by atoms with Gasteiger partial charge in [0, 0.05) is 30.7 Å². The number of fused-ring (bicyclic) bond motifs is 1. The molecule has 0 spiro atoms. The van der Waals surface area contributed by atoms with Crippen LogP contribution in [0.25, 0.3) is 10.9 Å². The van der Waals surface area contributed by atoms with Gasteiger partial charge in [0.05, 0.1) is 21.8 Å². The number of anilines is 2. The number of nitrogens with one attached hydrogen (secondary N) is 2. The Balaban J connectivity index is 2.62. The van der Waals surface area contributed by atoms with E-state index in [0.717, 1.165) is 0 Å². The largest absolute Gasteiger partial charge is 0.383 e. The summed E-state index contributed by atoms with van der Waals surface area (Å²) in [6, 6.07) is 5.58. The van der Waals surface area contributed by atoms with Crippen LogP contribution < -0.4 is 10.6 Å². The van der Waals surface area contributed by atoms with Crippen LogP contribution in [0.5, 0.6) is 0 Å². The summed E-state index contributed by atoms with van der Waals surface area (Å²) in [5.74, 6) is -0.186. The number of hydrogen-bond donors (Lipinski definition) is 2. The first-order valence-electron chi connectivity index (χ1n) is 7.25. The number of nitrogens with zero attached hydrogens (tertiary/aromatic N) is 2. The lowest BCUT2D eigenvalue weighted by Crippen LogP contribution is -2.19. The first kappa shape index (κ1) is 17.0. The molecule has 2 aromatic rings. The Morgan fingerprint density at radius 2 is 2.09 bits per heavy atom. The quantitative estimate of drug-likeness (QED) is 0.885. The molecule has 0 saturated heterocycles. The molecule has 0 atom stereocenters. The SMILES string of the molecule is CC(=O)Nc1cc(Cl)c2ncc(C#N)c(NCC(C)(C)C)c2c1. The van der Waals surface area contributed by atoms with Crippen molar-refractivity contribution in [3.8, 4) is 6.07 Å². The van der Waals surface area contributed by atoms with Crippen molar-refractivity contribution in [3.05, 3.63) is 28.9 Å². The molecule has 6 heteroatoms. The second kappa shape index (κ2) is 6.43. The van der Waals surface area contributed by atoms with Crippen LogP contribution in [-0.4, -0.2) is 17.4 Å². The maximum Gasteiger partial charge on any atom is 0.221 e. The molecule has 0 bridgehead atoms. The highest BCUT2D eigenvalue weighted by atomic mass is 35.5. The number of rotatable bonds is 3. The summed E-state index contributed by atoms with van der Waals surface area (Å²) in [6.45, 7) is 8.42. The second-order valence-corrected chi connectivity index (χ2v) is 7.02. The van der Waals surface area contributed by atoms with E-state index in [1.165, 1.54) is 13.1 Å². The minimum atomic E-state index is -0.186. The van der Waals surface area contributed by atoms with Gasteiger partial charge in [0.2, 0.25) is 5.91 Å². The van der Waals surface area contributed by atoms with Crippen molar-refractivity contribution in [1.82, 2.24) is 4.98 Å². The summed E-state index contributed by atoms with van der Waals surface area (Å²) < 4.78 is 0. The highest BCUT2D eigenvalue weighted by Crippen LogP contribution is 2.33. The Morgan fingerprint density at radius 1 is 1.39 bits per heavy atom. The van der Waals surface area contributed by atoms with Crippen LogP contribution in [0.4, 0.5) is 11.4 Å². The average molecular weight is 331 g/mol. The van der Waals surface area contributed by atoms with Crippen molar-refractivity contribution in [3.63, 3.8) is 0 Å². The van der Waals surface area contributed by atoms with Gasteiger partial charge in [-0.05, 0) is 17.5 Å². The Hall–Kier alpha value is -2.32. The molecular formula is C17H19ClN4O. The summed E-state index contributed by atoms with van der Waals surface area (Å²) in [5.41, 5.74) is 2.34. The topological polar surface area (TPSA) is 77.8 Å². The molecule has 5 nitrogen and oxygen atoms in total. The van der Waals surface area contributed by atoms with Crippen LogP contribution in [0, 0.1) is 16.7 Å². The van der Waals surface area contributed by atoms with Gasteiger partial charge in [0.25, 0.3) is 0 Å². The predicted octanol–water partition coefficient (Wildman–Crippen LogP) is 4.18. The summed E-state index contributed by atoms with van der Waals surface area (Å²) in [7, 11) is 0. The van der Waals surface area contributed by atoms with Gasteiger partial charge >= 0.3 is 0 Å². The van der Waals surface area contributed by atoms with Crippen LogP contribution in [0.15, 0.2) is 18.3 Å². The predicted molar refractivity (Wildman–Crippen MR) is 93.7 cm³/mol. The van der Waals surface area contributed by atoms with Gasteiger partial charge in [-0.1, -0.05) is 32.4 Å². The summed E-state index contributed by atoms with van der Waals surface area (Å²) in [5, 5.41) is 16.5. The zero-order chi connectivity index (χ0) is 17.2. The fourth-order valence-corrected chi connectivity index (χ4v) is 2.43. The number of carbonyl (C=O) groups excluding carboxylic acids is 1. The molecule has 0 radical (unpaired) electrons. The van der Waals surface area contributed by atoms with Crippen molar-refractivity contribution >= 4 is 39.8 Å². The smallest absolute Gasteiger partial charge is 0.221 e. The molecule has 1 amide bonds. The fourth-order valence-electron chi connectivity index (χ4n) is 2.16. The van der Waals surface area contributed by atoms with E-state index in [2.05, 4.69) is 42.5 Å². The van der Waals surface area contributed by atoms with Crippen LogP contribution in [0.2, 0.25) is 5.02 Å². The normalized spacial score (nSPS) is 11.1. The number of aromatic nitrogens is 1. The molecule has 1 aromatic heterocycles. The molecule has 0 unspecified atom stereocenters. The molecule has 2 N–H and O–H groups in total. The van der Waals surface area contributed by atoms with E-state index in [4.69, 9.17) is 11.6 Å².